The largest absolute Gasteiger partial charge is 0.355 e. The standard InChI is InChI=1S/C21H27N3O/c25-21(23-13-16-24-14-11-22-12-15-24)17-20(18-7-3-1-4-8-18)19-9-5-2-6-10-19/h1-10,20,22H,11-17H2,(H,23,25). The Morgan fingerprint density at radius 3 is 2.08 bits per heavy atom. The Kier molecular flexibility index (Phi) is 6.60. The molecule has 132 valence electrons. The summed E-state index contributed by atoms with van der Waals surface area (Å²) in [4.78, 5) is 14.9. The number of rotatable bonds is 7. The second-order valence-corrected chi connectivity index (χ2v) is 6.52. The lowest BCUT2D eigenvalue weighted by molar-refractivity contribution is -0.121. The molecule has 0 bridgehead atoms. The van der Waals surface area contributed by atoms with Crippen molar-refractivity contribution < 1.29 is 4.79 Å². The highest BCUT2D eigenvalue weighted by Crippen LogP contribution is 2.27. The average Bonchev–Trinajstić information content (AvgIpc) is 2.68. The van der Waals surface area contributed by atoms with Gasteiger partial charge in [0.25, 0.3) is 0 Å². The van der Waals surface area contributed by atoms with Crippen LogP contribution in [0.1, 0.15) is 23.5 Å². The summed E-state index contributed by atoms with van der Waals surface area (Å²) < 4.78 is 0. The van der Waals surface area contributed by atoms with E-state index in [-0.39, 0.29) is 11.8 Å². The number of hydrogen-bond acceptors (Lipinski definition) is 3. The first-order valence-corrected chi connectivity index (χ1v) is 9.12. The number of nitrogens with zero attached hydrogens (tertiary/aromatic N) is 1. The zero-order valence-corrected chi connectivity index (χ0v) is 14.7. The Labute approximate surface area is 150 Å². The van der Waals surface area contributed by atoms with E-state index in [4.69, 9.17) is 0 Å². The van der Waals surface area contributed by atoms with Gasteiger partial charge >= 0.3 is 0 Å². The summed E-state index contributed by atoms with van der Waals surface area (Å²) in [7, 11) is 0. The van der Waals surface area contributed by atoms with Gasteiger partial charge < -0.3 is 10.6 Å². The first-order chi connectivity index (χ1) is 12.3. The molecule has 1 aliphatic heterocycles. The first kappa shape index (κ1) is 17.6. The van der Waals surface area contributed by atoms with Gasteiger partial charge in [-0.3, -0.25) is 9.69 Å². The van der Waals surface area contributed by atoms with Crippen LogP contribution in [0.4, 0.5) is 0 Å². The van der Waals surface area contributed by atoms with Crippen molar-refractivity contribution in [2.24, 2.45) is 0 Å². The Bertz CT molecular complexity index is 599. The molecule has 4 heteroatoms. The third kappa shape index (κ3) is 5.41. The third-order valence-corrected chi connectivity index (χ3v) is 4.75. The van der Waals surface area contributed by atoms with Crippen molar-refractivity contribution >= 4 is 5.91 Å². The van der Waals surface area contributed by atoms with Gasteiger partial charge in [-0.2, -0.15) is 0 Å². The van der Waals surface area contributed by atoms with Gasteiger partial charge in [-0.15, -0.1) is 0 Å². The fourth-order valence-corrected chi connectivity index (χ4v) is 3.34. The first-order valence-electron chi connectivity index (χ1n) is 9.12. The van der Waals surface area contributed by atoms with E-state index in [0.29, 0.717) is 6.42 Å². The summed E-state index contributed by atoms with van der Waals surface area (Å²) in [5.74, 6) is 0.217. The highest BCUT2D eigenvalue weighted by Gasteiger charge is 2.18. The molecule has 1 amide bonds. The third-order valence-electron chi connectivity index (χ3n) is 4.75. The highest BCUT2D eigenvalue weighted by atomic mass is 16.1. The Morgan fingerprint density at radius 1 is 0.960 bits per heavy atom. The van der Waals surface area contributed by atoms with E-state index in [1.807, 2.05) is 36.4 Å². The minimum Gasteiger partial charge on any atom is -0.355 e. The van der Waals surface area contributed by atoms with E-state index in [1.165, 1.54) is 11.1 Å². The van der Waals surface area contributed by atoms with Gasteiger partial charge in [-0.1, -0.05) is 60.7 Å². The molecule has 1 saturated heterocycles. The van der Waals surface area contributed by atoms with Gasteiger partial charge in [0.2, 0.25) is 5.91 Å². The molecule has 3 rings (SSSR count). The average molecular weight is 337 g/mol. The smallest absolute Gasteiger partial charge is 0.220 e. The molecule has 1 fully saturated rings. The molecular weight excluding hydrogens is 310 g/mol. The molecule has 4 nitrogen and oxygen atoms in total. The summed E-state index contributed by atoms with van der Waals surface area (Å²) in [6.07, 6.45) is 0.482. The quantitative estimate of drug-likeness (QED) is 0.814. The van der Waals surface area contributed by atoms with Crippen molar-refractivity contribution in [3.8, 4) is 0 Å². The minimum absolute atomic E-state index is 0.0987. The highest BCUT2D eigenvalue weighted by molar-refractivity contribution is 5.77. The van der Waals surface area contributed by atoms with Crippen molar-refractivity contribution in [2.75, 3.05) is 39.3 Å². The van der Waals surface area contributed by atoms with Gasteiger partial charge in [-0.05, 0) is 11.1 Å². The number of carbonyl (C=O) groups excluding carboxylic acids is 1. The molecule has 2 aromatic carbocycles. The fourth-order valence-electron chi connectivity index (χ4n) is 3.34. The van der Waals surface area contributed by atoms with Gasteiger partial charge in [-0.25, -0.2) is 0 Å². The molecule has 25 heavy (non-hydrogen) atoms. The number of amides is 1. The number of benzene rings is 2. The van der Waals surface area contributed by atoms with Crippen LogP contribution in [0.15, 0.2) is 60.7 Å². The van der Waals surface area contributed by atoms with Gasteiger partial charge in [0.05, 0.1) is 0 Å². The molecule has 0 aliphatic carbocycles. The molecule has 1 aliphatic rings. The minimum atomic E-state index is 0.0987. The van der Waals surface area contributed by atoms with E-state index in [0.717, 1.165) is 39.3 Å². The van der Waals surface area contributed by atoms with Gasteiger partial charge in [0.15, 0.2) is 0 Å². The Balaban J connectivity index is 1.57. The topological polar surface area (TPSA) is 44.4 Å². The predicted octanol–water partition coefficient (Wildman–Crippen LogP) is 2.23. The normalized spacial score (nSPS) is 15.2. The van der Waals surface area contributed by atoms with Crippen molar-refractivity contribution in [2.45, 2.75) is 12.3 Å². The zero-order chi connectivity index (χ0) is 17.3. The van der Waals surface area contributed by atoms with Crippen LogP contribution in [0.2, 0.25) is 0 Å². The molecular formula is C21H27N3O. The SMILES string of the molecule is O=C(CC(c1ccccc1)c1ccccc1)NCCN1CCNCC1. The molecule has 2 aromatic rings. The number of carbonyl (C=O) groups is 1. The Hall–Kier alpha value is -2.17. The van der Waals surface area contributed by atoms with Crippen LogP contribution in [-0.4, -0.2) is 50.1 Å². The van der Waals surface area contributed by atoms with E-state index < -0.39 is 0 Å². The molecule has 0 radical (unpaired) electrons. The lowest BCUT2D eigenvalue weighted by Crippen LogP contribution is -2.46. The van der Waals surface area contributed by atoms with Crippen LogP contribution in [0.5, 0.6) is 0 Å². The van der Waals surface area contributed by atoms with Crippen LogP contribution in [0.25, 0.3) is 0 Å². The second kappa shape index (κ2) is 9.35. The molecule has 0 spiro atoms. The summed E-state index contributed by atoms with van der Waals surface area (Å²) in [5.41, 5.74) is 2.37. The van der Waals surface area contributed by atoms with E-state index in [9.17, 15) is 4.79 Å². The number of hydrogen-bond donors (Lipinski definition) is 2. The lowest BCUT2D eigenvalue weighted by Gasteiger charge is -2.27. The maximum Gasteiger partial charge on any atom is 0.220 e. The van der Waals surface area contributed by atoms with Crippen molar-refractivity contribution in [1.82, 2.24) is 15.5 Å². The fraction of sp³-hybridized carbons (Fsp3) is 0.381. The molecule has 0 aromatic heterocycles. The lowest BCUT2D eigenvalue weighted by atomic mass is 9.88. The van der Waals surface area contributed by atoms with Crippen LogP contribution in [0, 0.1) is 0 Å². The van der Waals surface area contributed by atoms with Gasteiger partial charge in [0.1, 0.15) is 0 Å². The maximum atomic E-state index is 12.5. The van der Waals surface area contributed by atoms with Crippen LogP contribution in [-0.2, 0) is 4.79 Å². The summed E-state index contributed by atoms with van der Waals surface area (Å²) in [5, 5.41) is 6.45. The molecule has 1 heterocycles. The molecule has 2 N–H and O–H groups in total. The molecule has 0 saturated carbocycles. The number of nitrogens with one attached hydrogen (secondary N) is 2. The zero-order valence-electron chi connectivity index (χ0n) is 14.7. The van der Waals surface area contributed by atoms with E-state index in [1.54, 1.807) is 0 Å². The van der Waals surface area contributed by atoms with Gasteiger partial charge in [0, 0.05) is 51.6 Å². The van der Waals surface area contributed by atoms with E-state index >= 15 is 0 Å². The van der Waals surface area contributed by atoms with Crippen molar-refractivity contribution in [1.29, 1.82) is 0 Å². The summed E-state index contributed by atoms with van der Waals surface area (Å²) >= 11 is 0. The van der Waals surface area contributed by atoms with Crippen LogP contribution < -0.4 is 10.6 Å². The second-order valence-electron chi connectivity index (χ2n) is 6.52. The monoisotopic (exact) mass is 337 g/mol. The molecule has 0 atom stereocenters. The van der Waals surface area contributed by atoms with Crippen molar-refractivity contribution in [3.05, 3.63) is 71.8 Å². The number of piperazine rings is 1. The predicted molar refractivity (Wildman–Crippen MR) is 102 cm³/mol. The van der Waals surface area contributed by atoms with Crippen LogP contribution in [0.3, 0.4) is 0 Å². The molecule has 0 unspecified atom stereocenters. The summed E-state index contributed by atoms with van der Waals surface area (Å²) in [6, 6.07) is 20.6. The van der Waals surface area contributed by atoms with Crippen LogP contribution >= 0.6 is 0 Å². The van der Waals surface area contributed by atoms with Crippen molar-refractivity contribution in [3.63, 3.8) is 0 Å². The van der Waals surface area contributed by atoms with E-state index in [2.05, 4.69) is 39.8 Å². The summed E-state index contributed by atoms with van der Waals surface area (Å²) in [6.45, 7) is 5.85. The maximum absolute atomic E-state index is 12.5. The Morgan fingerprint density at radius 2 is 1.52 bits per heavy atom.